The molecule has 1 aliphatic heterocycles. The molecule has 0 bridgehead atoms. The van der Waals surface area contributed by atoms with Crippen LogP contribution in [0.4, 0.5) is 5.69 Å². The van der Waals surface area contributed by atoms with Crippen LogP contribution in [-0.4, -0.2) is 53.5 Å². The first-order chi connectivity index (χ1) is 15.0. The fraction of sp³-hybridized carbons (Fsp3) is 0.560. The highest BCUT2D eigenvalue weighted by Crippen LogP contribution is 2.32. The summed E-state index contributed by atoms with van der Waals surface area (Å²) in [5.41, 5.74) is 2.33. The standard InChI is InChI=1S/C25H35N3O4/c1-24(2,3)18-9-7-8-10-19(18)27-13-15-28(16-14-27)23(30)22-20(31-17-26-22)11-12-21(29)32-25(4,5)6/h7-10,17H,11-16H2,1-6H3. The van der Waals surface area contributed by atoms with Crippen LogP contribution in [-0.2, 0) is 21.4 Å². The zero-order chi connectivity index (χ0) is 23.5. The van der Waals surface area contributed by atoms with Crippen molar-refractivity contribution in [2.75, 3.05) is 31.1 Å². The second-order valence-electron chi connectivity index (χ2n) is 10.3. The van der Waals surface area contributed by atoms with Crippen molar-refractivity contribution in [2.45, 2.75) is 65.4 Å². The lowest BCUT2D eigenvalue weighted by molar-refractivity contribution is -0.154. The number of carbonyl (C=O) groups excluding carboxylic acids is 2. The average molecular weight is 442 g/mol. The van der Waals surface area contributed by atoms with Gasteiger partial charge in [0.05, 0.1) is 6.42 Å². The molecule has 3 rings (SSSR count). The van der Waals surface area contributed by atoms with Gasteiger partial charge >= 0.3 is 5.97 Å². The van der Waals surface area contributed by atoms with Crippen LogP contribution in [0.2, 0.25) is 0 Å². The first kappa shape index (κ1) is 23.8. The molecule has 0 spiro atoms. The number of aromatic nitrogens is 1. The van der Waals surface area contributed by atoms with Crippen LogP contribution in [0.1, 0.15) is 69.8 Å². The number of oxazole rings is 1. The lowest BCUT2D eigenvalue weighted by Gasteiger charge is -2.38. The van der Waals surface area contributed by atoms with E-state index in [0.717, 1.165) is 13.1 Å². The van der Waals surface area contributed by atoms with E-state index in [0.29, 0.717) is 18.8 Å². The number of rotatable bonds is 5. The Labute approximate surface area is 190 Å². The summed E-state index contributed by atoms with van der Waals surface area (Å²) >= 11 is 0. The second kappa shape index (κ2) is 9.35. The topological polar surface area (TPSA) is 75.9 Å². The molecular formula is C25H35N3O4. The predicted octanol–water partition coefficient (Wildman–Crippen LogP) is 4.21. The zero-order valence-corrected chi connectivity index (χ0v) is 20.1. The molecular weight excluding hydrogens is 406 g/mol. The minimum atomic E-state index is -0.539. The quantitative estimate of drug-likeness (QED) is 0.647. The highest BCUT2D eigenvalue weighted by Gasteiger charge is 2.29. The SMILES string of the molecule is CC(C)(C)OC(=O)CCc1ocnc1C(=O)N1CCN(c2ccccc2C(C)(C)C)CC1. The molecule has 1 aliphatic rings. The fourth-order valence-corrected chi connectivity index (χ4v) is 3.91. The number of piperazine rings is 1. The lowest BCUT2D eigenvalue weighted by atomic mass is 9.85. The Bertz CT molecular complexity index is 945. The van der Waals surface area contributed by atoms with Gasteiger partial charge in [-0.1, -0.05) is 39.0 Å². The largest absolute Gasteiger partial charge is 0.460 e. The van der Waals surface area contributed by atoms with Crippen LogP contribution in [0, 0.1) is 0 Å². The average Bonchev–Trinajstić information content (AvgIpc) is 3.18. The van der Waals surface area contributed by atoms with Crippen LogP contribution < -0.4 is 4.90 Å². The van der Waals surface area contributed by atoms with Gasteiger partial charge in [0.2, 0.25) is 0 Å². The summed E-state index contributed by atoms with van der Waals surface area (Å²) in [4.78, 5) is 33.4. The number of benzene rings is 1. The number of ether oxygens (including phenoxy) is 1. The third-order valence-corrected chi connectivity index (χ3v) is 5.44. The molecule has 2 heterocycles. The maximum atomic E-state index is 13.1. The first-order valence-electron chi connectivity index (χ1n) is 11.2. The van der Waals surface area contributed by atoms with E-state index in [1.165, 1.54) is 17.6 Å². The van der Waals surface area contributed by atoms with Crippen molar-refractivity contribution in [1.29, 1.82) is 0 Å². The summed E-state index contributed by atoms with van der Waals surface area (Å²) in [5.74, 6) is -0.0403. The zero-order valence-electron chi connectivity index (χ0n) is 20.1. The van der Waals surface area contributed by atoms with Gasteiger partial charge in [-0.3, -0.25) is 9.59 Å². The summed E-state index contributed by atoms with van der Waals surface area (Å²) in [6.45, 7) is 14.9. The van der Waals surface area contributed by atoms with E-state index in [2.05, 4.69) is 54.9 Å². The number of anilines is 1. The normalized spacial score (nSPS) is 15.1. The van der Waals surface area contributed by atoms with Crippen LogP contribution >= 0.6 is 0 Å². The molecule has 2 aromatic rings. The molecule has 0 N–H and O–H groups in total. The van der Waals surface area contributed by atoms with E-state index in [1.807, 2.05) is 25.7 Å². The summed E-state index contributed by atoms with van der Waals surface area (Å²) in [6, 6.07) is 8.48. The van der Waals surface area contributed by atoms with Gasteiger partial charge in [-0.15, -0.1) is 0 Å². The molecule has 0 unspecified atom stereocenters. The van der Waals surface area contributed by atoms with Crippen LogP contribution in [0.3, 0.4) is 0 Å². The lowest BCUT2D eigenvalue weighted by Crippen LogP contribution is -2.49. The Kier molecular flexibility index (Phi) is 6.96. The molecule has 1 fully saturated rings. The Morgan fingerprint density at radius 2 is 1.69 bits per heavy atom. The molecule has 1 saturated heterocycles. The molecule has 7 nitrogen and oxygen atoms in total. The number of carbonyl (C=O) groups is 2. The van der Waals surface area contributed by atoms with E-state index in [-0.39, 0.29) is 35.8 Å². The molecule has 1 amide bonds. The minimum absolute atomic E-state index is 0.0489. The Hall–Kier alpha value is -2.83. The van der Waals surface area contributed by atoms with Gasteiger partial charge in [0.15, 0.2) is 12.1 Å². The molecule has 174 valence electrons. The smallest absolute Gasteiger partial charge is 0.306 e. The highest BCUT2D eigenvalue weighted by molar-refractivity contribution is 5.93. The van der Waals surface area contributed by atoms with Crippen molar-refractivity contribution in [1.82, 2.24) is 9.88 Å². The molecule has 0 aliphatic carbocycles. The van der Waals surface area contributed by atoms with Crippen molar-refractivity contribution in [3.63, 3.8) is 0 Å². The molecule has 1 aromatic carbocycles. The summed E-state index contributed by atoms with van der Waals surface area (Å²) in [7, 11) is 0. The van der Waals surface area contributed by atoms with E-state index >= 15 is 0 Å². The fourth-order valence-electron chi connectivity index (χ4n) is 3.91. The van der Waals surface area contributed by atoms with Crippen molar-refractivity contribution < 1.29 is 18.7 Å². The van der Waals surface area contributed by atoms with Gasteiger partial charge in [-0.2, -0.15) is 0 Å². The third-order valence-electron chi connectivity index (χ3n) is 5.44. The summed E-state index contributed by atoms with van der Waals surface area (Å²) in [6.07, 6.45) is 1.70. The Morgan fingerprint density at radius 3 is 2.31 bits per heavy atom. The van der Waals surface area contributed by atoms with Crippen molar-refractivity contribution in [2.24, 2.45) is 0 Å². The predicted molar refractivity (Wildman–Crippen MR) is 124 cm³/mol. The number of para-hydroxylation sites is 1. The number of esters is 1. The maximum absolute atomic E-state index is 13.1. The molecule has 0 saturated carbocycles. The van der Waals surface area contributed by atoms with Crippen LogP contribution in [0.15, 0.2) is 35.1 Å². The molecule has 1 aromatic heterocycles. The number of nitrogens with zero attached hydrogens (tertiary/aromatic N) is 3. The number of hydrogen-bond donors (Lipinski definition) is 0. The highest BCUT2D eigenvalue weighted by atomic mass is 16.6. The van der Waals surface area contributed by atoms with Gasteiger partial charge in [0.25, 0.3) is 5.91 Å². The van der Waals surface area contributed by atoms with Gasteiger partial charge in [0.1, 0.15) is 11.4 Å². The van der Waals surface area contributed by atoms with E-state index in [1.54, 1.807) is 0 Å². The molecule has 0 atom stereocenters. The van der Waals surface area contributed by atoms with Gasteiger partial charge in [-0.05, 0) is 37.8 Å². The first-order valence-corrected chi connectivity index (χ1v) is 11.2. The van der Waals surface area contributed by atoms with Crippen LogP contribution in [0.5, 0.6) is 0 Å². The van der Waals surface area contributed by atoms with E-state index in [4.69, 9.17) is 9.15 Å². The monoisotopic (exact) mass is 441 g/mol. The van der Waals surface area contributed by atoms with Gasteiger partial charge in [-0.25, -0.2) is 4.98 Å². The molecule has 32 heavy (non-hydrogen) atoms. The van der Waals surface area contributed by atoms with Crippen LogP contribution in [0.25, 0.3) is 0 Å². The second-order valence-corrected chi connectivity index (χ2v) is 10.3. The maximum Gasteiger partial charge on any atom is 0.306 e. The molecule has 0 radical (unpaired) electrons. The molecule has 7 heteroatoms. The van der Waals surface area contributed by atoms with Crippen molar-refractivity contribution >= 4 is 17.6 Å². The number of amides is 1. The van der Waals surface area contributed by atoms with Crippen molar-refractivity contribution in [3.8, 4) is 0 Å². The van der Waals surface area contributed by atoms with Crippen molar-refractivity contribution in [3.05, 3.63) is 47.7 Å². The summed E-state index contributed by atoms with van der Waals surface area (Å²) in [5, 5.41) is 0. The number of hydrogen-bond acceptors (Lipinski definition) is 6. The minimum Gasteiger partial charge on any atom is -0.460 e. The van der Waals surface area contributed by atoms with Gasteiger partial charge in [0, 0.05) is 38.3 Å². The summed E-state index contributed by atoms with van der Waals surface area (Å²) < 4.78 is 10.8. The third kappa shape index (κ3) is 5.90. The van der Waals surface area contributed by atoms with Gasteiger partial charge < -0.3 is 19.0 Å². The Morgan fingerprint density at radius 1 is 1.03 bits per heavy atom. The van der Waals surface area contributed by atoms with E-state index < -0.39 is 5.60 Å². The number of aryl methyl sites for hydroxylation is 1. The van der Waals surface area contributed by atoms with E-state index in [9.17, 15) is 9.59 Å². The Balaban J connectivity index is 1.62.